The van der Waals surface area contributed by atoms with E-state index in [4.69, 9.17) is 0 Å². The van der Waals surface area contributed by atoms with E-state index >= 15 is 0 Å². The van der Waals surface area contributed by atoms with Crippen molar-refractivity contribution in [3.63, 3.8) is 0 Å². The fourth-order valence-corrected chi connectivity index (χ4v) is 2.89. The normalized spacial score (nSPS) is 10.6. The third kappa shape index (κ3) is 3.17. The van der Waals surface area contributed by atoms with Crippen molar-refractivity contribution in [2.45, 2.75) is 36.6 Å². The minimum absolute atomic E-state index is 0.290. The summed E-state index contributed by atoms with van der Waals surface area (Å²) in [6.45, 7) is 4.01. The number of hydrogen-bond donors (Lipinski definition) is 2. The van der Waals surface area contributed by atoms with E-state index < -0.39 is 5.69 Å². The van der Waals surface area contributed by atoms with Gasteiger partial charge in [0.2, 0.25) is 0 Å². The molecule has 0 fully saturated rings. The average Bonchev–Trinajstić information content (AvgIpc) is 2.36. The van der Waals surface area contributed by atoms with Crippen molar-refractivity contribution in [2.24, 2.45) is 0 Å². The molecular formula is C14H16N2O2S. The van der Waals surface area contributed by atoms with Crippen LogP contribution < -0.4 is 11.2 Å². The topological polar surface area (TPSA) is 65.7 Å². The van der Waals surface area contributed by atoms with E-state index in [0.29, 0.717) is 17.0 Å². The predicted molar refractivity (Wildman–Crippen MR) is 77.0 cm³/mol. The summed E-state index contributed by atoms with van der Waals surface area (Å²) in [5.74, 6) is 0. The molecule has 5 heteroatoms. The Morgan fingerprint density at radius 1 is 1.16 bits per heavy atom. The van der Waals surface area contributed by atoms with Gasteiger partial charge in [0.05, 0.1) is 5.03 Å². The minimum Gasteiger partial charge on any atom is -0.301 e. The maximum absolute atomic E-state index is 11.8. The molecule has 0 bridgehead atoms. The SMILES string of the molecule is CCCc1c(Sc2ccccc2C)[nH]c(=O)[nH]c1=O. The summed E-state index contributed by atoms with van der Waals surface area (Å²) in [5, 5.41) is 0.643. The molecule has 2 rings (SSSR count). The van der Waals surface area contributed by atoms with Gasteiger partial charge < -0.3 is 4.98 Å². The Hall–Kier alpha value is -1.75. The van der Waals surface area contributed by atoms with Gasteiger partial charge in [0.15, 0.2) is 0 Å². The zero-order chi connectivity index (χ0) is 13.8. The monoisotopic (exact) mass is 276 g/mol. The van der Waals surface area contributed by atoms with Gasteiger partial charge in [0.25, 0.3) is 5.56 Å². The molecule has 0 spiro atoms. The van der Waals surface area contributed by atoms with E-state index in [9.17, 15) is 9.59 Å². The molecule has 19 heavy (non-hydrogen) atoms. The summed E-state index contributed by atoms with van der Waals surface area (Å²) >= 11 is 1.43. The first-order valence-corrected chi connectivity index (χ1v) is 7.02. The van der Waals surface area contributed by atoms with Crippen molar-refractivity contribution in [3.8, 4) is 0 Å². The summed E-state index contributed by atoms with van der Waals surface area (Å²) in [6, 6.07) is 7.90. The van der Waals surface area contributed by atoms with Crippen LogP contribution in [0.3, 0.4) is 0 Å². The average molecular weight is 276 g/mol. The van der Waals surface area contributed by atoms with Crippen LogP contribution in [0.1, 0.15) is 24.5 Å². The Morgan fingerprint density at radius 2 is 1.89 bits per heavy atom. The van der Waals surface area contributed by atoms with Crippen LogP contribution in [-0.2, 0) is 6.42 Å². The highest BCUT2D eigenvalue weighted by Gasteiger charge is 2.11. The lowest BCUT2D eigenvalue weighted by Gasteiger charge is -2.08. The first kappa shape index (κ1) is 13.7. The van der Waals surface area contributed by atoms with Crippen molar-refractivity contribution >= 4 is 11.8 Å². The lowest BCUT2D eigenvalue weighted by Crippen LogP contribution is -2.26. The van der Waals surface area contributed by atoms with Gasteiger partial charge in [-0.15, -0.1) is 0 Å². The number of rotatable bonds is 4. The molecule has 0 aliphatic heterocycles. The molecule has 0 aliphatic carbocycles. The third-order valence-corrected chi connectivity index (χ3v) is 4.04. The van der Waals surface area contributed by atoms with Crippen molar-refractivity contribution in [1.82, 2.24) is 9.97 Å². The Bertz CT molecular complexity index is 688. The molecule has 0 radical (unpaired) electrons. The predicted octanol–water partition coefficient (Wildman–Crippen LogP) is 2.48. The van der Waals surface area contributed by atoms with Crippen LogP contribution in [0.4, 0.5) is 0 Å². The highest BCUT2D eigenvalue weighted by molar-refractivity contribution is 7.99. The maximum atomic E-state index is 11.8. The first-order valence-electron chi connectivity index (χ1n) is 6.20. The molecule has 100 valence electrons. The van der Waals surface area contributed by atoms with Crippen LogP contribution in [0.5, 0.6) is 0 Å². The Kier molecular flexibility index (Phi) is 4.27. The molecule has 0 unspecified atom stereocenters. The third-order valence-electron chi connectivity index (χ3n) is 2.81. The highest BCUT2D eigenvalue weighted by atomic mass is 32.2. The molecule has 2 aromatic rings. The van der Waals surface area contributed by atoms with E-state index in [0.717, 1.165) is 16.9 Å². The van der Waals surface area contributed by atoms with Crippen LogP contribution in [0.15, 0.2) is 43.8 Å². The molecule has 0 amide bonds. The van der Waals surface area contributed by atoms with Gasteiger partial charge >= 0.3 is 5.69 Å². The summed E-state index contributed by atoms with van der Waals surface area (Å²) in [6.07, 6.45) is 1.51. The number of H-pyrrole nitrogens is 2. The fraction of sp³-hybridized carbons (Fsp3) is 0.286. The molecule has 0 saturated heterocycles. The Morgan fingerprint density at radius 3 is 2.58 bits per heavy atom. The smallest absolute Gasteiger partial charge is 0.301 e. The molecular weight excluding hydrogens is 260 g/mol. The number of aromatic nitrogens is 2. The number of aryl methyl sites for hydroxylation is 1. The Labute approximate surface area is 115 Å². The molecule has 0 aliphatic rings. The molecule has 1 heterocycles. The molecule has 2 N–H and O–H groups in total. The quantitative estimate of drug-likeness (QED) is 0.843. The van der Waals surface area contributed by atoms with E-state index in [2.05, 4.69) is 9.97 Å². The van der Waals surface area contributed by atoms with Gasteiger partial charge in [-0.25, -0.2) is 4.79 Å². The zero-order valence-electron chi connectivity index (χ0n) is 10.9. The van der Waals surface area contributed by atoms with Gasteiger partial charge in [-0.2, -0.15) is 0 Å². The fourth-order valence-electron chi connectivity index (χ4n) is 1.84. The minimum atomic E-state index is -0.457. The zero-order valence-corrected chi connectivity index (χ0v) is 11.8. The molecule has 1 aromatic carbocycles. The van der Waals surface area contributed by atoms with E-state index in [1.54, 1.807) is 0 Å². The first-order chi connectivity index (χ1) is 9.11. The van der Waals surface area contributed by atoms with E-state index in [1.807, 2.05) is 38.1 Å². The summed E-state index contributed by atoms with van der Waals surface area (Å²) < 4.78 is 0. The van der Waals surface area contributed by atoms with E-state index in [1.165, 1.54) is 11.8 Å². The number of hydrogen-bond acceptors (Lipinski definition) is 3. The lowest BCUT2D eigenvalue weighted by molar-refractivity contribution is 0.818. The van der Waals surface area contributed by atoms with E-state index in [-0.39, 0.29) is 5.56 Å². The largest absolute Gasteiger partial charge is 0.326 e. The molecule has 1 aromatic heterocycles. The summed E-state index contributed by atoms with van der Waals surface area (Å²) in [5.41, 5.74) is 1.02. The second-order valence-electron chi connectivity index (χ2n) is 4.33. The van der Waals surface area contributed by atoms with Crippen molar-refractivity contribution < 1.29 is 0 Å². The van der Waals surface area contributed by atoms with Crippen LogP contribution in [0.25, 0.3) is 0 Å². The van der Waals surface area contributed by atoms with Gasteiger partial charge in [-0.1, -0.05) is 43.3 Å². The standard InChI is InChI=1S/C14H16N2O2S/c1-3-6-10-12(17)15-14(18)16-13(10)19-11-8-5-4-7-9(11)2/h4-5,7-8H,3,6H2,1-2H3,(H2,15,16,17,18). The lowest BCUT2D eigenvalue weighted by atomic mass is 10.2. The number of nitrogens with one attached hydrogen (secondary N) is 2. The highest BCUT2D eigenvalue weighted by Crippen LogP contribution is 2.29. The number of aromatic amines is 2. The second-order valence-corrected chi connectivity index (χ2v) is 5.39. The van der Waals surface area contributed by atoms with Gasteiger partial charge in [0.1, 0.15) is 0 Å². The van der Waals surface area contributed by atoms with Crippen LogP contribution in [-0.4, -0.2) is 9.97 Å². The summed E-state index contributed by atoms with van der Waals surface area (Å²) in [4.78, 5) is 29.3. The Balaban J connectivity index is 2.47. The van der Waals surface area contributed by atoms with Crippen LogP contribution in [0.2, 0.25) is 0 Å². The van der Waals surface area contributed by atoms with Gasteiger partial charge in [0, 0.05) is 10.5 Å². The maximum Gasteiger partial charge on any atom is 0.326 e. The van der Waals surface area contributed by atoms with Crippen LogP contribution in [0, 0.1) is 6.92 Å². The molecule has 0 atom stereocenters. The van der Waals surface area contributed by atoms with Crippen molar-refractivity contribution in [2.75, 3.05) is 0 Å². The molecule has 4 nitrogen and oxygen atoms in total. The summed E-state index contributed by atoms with van der Waals surface area (Å²) in [7, 11) is 0. The van der Waals surface area contributed by atoms with Gasteiger partial charge in [-0.3, -0.25) is 9.78 Å². The molecule has 0 saturated carbocycles. The van der Waals surface area contributed by atoms with Crippen molar-refractivity contribution in [1.29, 1.82) is 0 Å². The van der Waals surface area contributed by atoms with Crippen molar-refractivity contribution in [3.05, 3.63) is 56.2 Å². The number of benzene rings is 1. The second kappa shape index (κ2) is 5.93. The van der Waals surface area contributed by atoms with Gasteiger partial charge in [-0.05, 0) is 25.0 Å². The van der Waals surface area contributed by atoms with Crippen LogP contribution >= 0.6 is 11.8 Å².